The van der Waals surface area contributed by atoms with Crippen LogP contribution in [0, 0.1) is 5.41 Å². The van der Waals surface area contributed by atoms with Gasteiger partial charge < -0.3 is 9.47 Å². The van der Waals surface area contributed by atoms with Crippen molar-refractivity contribution in [3.05, 3.63) is 0 Å². The molecule has 0 N–H and O–H groups in total. The van der Waals surface area contributed by atoms with Gasteiger partial charge >= 0.3 is 12.4 Å². The molecule has 0 aromatic rings. The van der Waals surface area contributed by atoms with Crippen LogP contribution in [0.4, 0.5) is 0 Å². The van der Waals surface area contributed by atoms with Crippen molar-refractivity contribution in [3.63, 3.8) is 0 Å². The van der Waals surface area contributed by atoms with Crippen LogP contribution >= 0.6 is 0 Å². The second kappa shape index (κ2) is 6.40. The van der Waals surface area contributed by atoms with Gasteiger partial charge in [0.15, 0.2) is 0 Å². The van der Waals surface area contributed by atoms with Crippen molar-refractivity contribution in [2.24, 2.45) is 5.41 Å². The van der Waals surface area contributed by atoms with Gasteiger partial charge in [0.25, 0.3) is 0 Å². The average molecular weight is 201 g/mol. The van der Waals surface area contributed by atoms with E-state index in [2.05, 4.69) is 4.74 Å². The van der Waals surface area contributed by atoms with E-state index in [4.69, 9.17) is 4.74 Å². The number of carbonyl (C=O) groups excluding carboxylic acids is 2. The highest BCUT2D eigenvalue weighted by atomic mass is 16.5. The Bertz CT molecular complexity index is 181. The van der Waals surface area contributed by atoms with Crippen LogP contribution in [0.15, 0.2) is 0 Å². The summed E-state index contributed by atoms with van der Waals surface area (Å²) in [7, 11) is 0. The first kappa shape index (κ1) is 12.9. The van der Waals surface area contributed by atoms with Crippen LogP contribution in [0.5, 0.6) is 0 Å². The van der Waals surface area contributed by atoms with Gasteiger partial charge in [0.1, 0.15) is 0 Å². The van der Waals surface area contributed by atoms with Crippen molar-refractivity contribution in [1.82, 2.24) is 0 Å². The average Bonchev–Trinajstić information content (AvgIpc) is 2.09. The summed E-state index contributed by atoms with van der Waals surface area (Å²) in [5.74, 6) is -0.208. The van der Waals surface area contributed by atoms with Crippen LogP contribution in [0.1, 0.15) is 33.6 Å². The normalized spacial score (nSPS) is 10.8. The minimum absolute atomic E-state index is 0.208. The standard InChI is InChI=1S/C10H17O4/c1-10(2,3)9(12)14-7-5-4-6-13-8-11/h4-7H2,1-3H3. The molecule has 0 saturated heterocycles. The molecule has 0 rings (SSSR count). The van der Waals surface area contributed by atoms with E-state index in [1.165, 1.54) is 6.47 Å². The molecule has 0 atom stereocenters. The van der Waals surface area contributed by atoms with Gasteiger partial charge in [0.2, 0.25) is 0 Å². The van der Waals surface area contributed by atoms with E-state index < -0.39 is 5.41 Å². The SMILES string of the molecule is CC(C)(C)C(=O)OCCCCO[C]=O. The van der Waals surface area contributed by atoms with E-state index in [0.717, 1.165) is 0 Å². The first-order valence-corrected chi connectivity index (χ1v) is 4.64. The Morgan fingerprint density at radius 1 is 1.21 bits per heavy atom. The summed E-state index contributed by atoms with van der Waals surface area (Å²) in [6.07, 6.45) is 1.39. The molecule has 0 aromatic carbocycles. The van der Waals surface area contributed by atoms with Crippen LogP contribution in [-0.4, -0.2) is 25.7 Å². The summed E-state index contributed by atoms with van der Waals surface area (Å²) in [5.41, 5.74) is -0.451. The first-order chi connectivity index (χ1) is 6.48. The van der Waals surface area contributed by atoms with Crippen molar-refractivity contribution in [1.29, 1.82) is 0 Å². The number of ether oxygens (including phenoxy) is 2. The molecule has 0 unspecified atom stereocenters. The molecule has 0 fully saturated rings. The summed E-state index contributed by atoms with van der Waals surface area (Å²) in [6, 6.07) is 0. The Labute approximate surface area is 84.6 Å². The Morgan fingerprint density at radius 3 is 2.29 bits per heavy atom. The van der Waals surface area contributed by atoms with E-state index >= 15 is 0 Å². The van der Waals surface area contributed by atoms with Crippen LogP contribution in [-0.2, 0) is 19.1 Å². The Morgan fingerprint density at radius 2 is 1.79 bits per heavy atom. The zero-order chi connectivity index (χ0) is 11.0. The second-order valence-corrected chi connectivity index (χ2v) is 4.02. The van der Waals surface area contributed by atoms with Gasteiger partial charge in [0, 0.05) is 0 Å². The van der Waals surface area contributed by atoms with Gasteiger partial charge in [-0.3, -0.25) is 4.79 Å². The number of unbranched alkanes of at least 4 members (excludes halogenated alkanes) is 1. The highest BCUT2D eigenvalue weighted by Gasteiger charge is 2.22. The molecule has 0 aliphatic heterocycles. The van der Waals surface area contributed by atoms with E-state index in [0.29, 0.717) is 26.1 Å². The van der Waals surface area contributed by atoms with Gasteiger partial charge in [0.05, 0.1) is 18.6 Å². The van der Waals surface area contributed by atoms with Gasteiger partial charge in [-0.2, -0.15) is 0 Å². The lowest BCUT2D eigenvalue weighted by molar-refractivity contribution is -0.153. The maximum atomic E-state index is 11.2. The smallest absolute Gasteiger partial charge is 0.417 e. The largest absolute Gasteiger partial charge is 0.465 e. The van der Waals surface area contributed by atoms with Crippen molar-refractivity contribution in [3.8, 4) is 0 Å². The Kier molecular flexibility index (Phi) is 5.92. The van der Waals surface area contributed by atoms with Gasteiger partial charge in [-0.1, -0.05) is 0 Å². The number of hydrogen-bond acceptors (Lipinski definition) is 4. The van der Waals surface area contributed by atoms with E-state index in [9.17, 15) is 9.59 Å². The van der Waals surface area contributed by atoms with Crippen LogP contribution < -0.4 is 0 Å². The zero-order valence-electron chi connectivity index (χ0n) is 8.96. The lowest BCUT2D eigenvalue weighted by atomic mass is 9.97. The fourth-order valence-corrected chi connectivity index (χ4v) is 0.699. The number of rotatable bonds is 6. The fraction of sp³-hybridized carbons (Fsp3) is 0.800. The molecule has 0 amide bonds. The third-order valence-electron chi connectivity index (χ3n) is 1.55. The molecular formula is C10H17O4. The minimum atomic E-state index is -0.451. The monoisotopic (exact) mass is 201 g/mol. The molecule has 0 aromatic heterocycles. The Hall–Kier alpha value is -1.06. The van der Waals surface area contributed by atoms with Crippen LogP contribution in [0.25, 0.3) is 0 Å². The highest BCUT2D eigenvalue weighted by molar-refractivity contribution is 5.75. The first-order valence-electron chi connectivity index (χ1n) is 4.64. The van der Waals surface area contributed by atoms with Crippen molar-refractivity contribution in [2.45, 2.75) is 33.6 Å². The van der Waals surface area contributed by atoms with Crippen LogP contribution in [0.3, 0.4) is 0 Å². The molecule has 4 heteroatoms. The highest BCUT2D eigenvalue weighted by Crippen LogP contribution is 2.15. The van der Waals surface area contributed by atoms with Gasteiger partial charge in [-0.05, 0) is 33.6 Å². The number of esters is 1. The molecule has 14 heavy (non-hydrogen) atoms. The maximum absolute atomic E-state index is 11.2. The molecule has 0 saturated carbocycles. The zero-order valence-corrected chi connectivity index (χ0v) is 8.96. The number of carbonyl (C=O) groups is 1. The minimum Gasteiger partial charge on any atom is -0.465 e. The van der Waals surface area contributed by atoms with E-state index in [-0.39, 0.29) is 5.97 Å². The third-order valence-corrected chi connectivity index (χ3v) is 1.55. The molecule has 0 aliphatic rings. The predicted octanol–water partition coefficient (Wildman–Crippen LogP) is 1.44. The van der Waals surface area contributed by atoms with E-state index in [1.807, 2.05) is 0 Å². The molecular weight excluding hydrogens is 184 g/mol. The summed E-state index contributed by atoms with van der Waals surface area (Å²) >= 11 is 0. The number of hydrogen-bond donors (Lipinski definition) is 0. The molecule has 81 valence electrons. The van der Waals surface area contributed by atoms with Crippen LogP contribution in [0.2, 0.25) is 0 Å². The lowest BCUT2D eigenvalue weighted by Gasteiger charge is -2.16. The van der Waals surface area contributed by atoms with E-state index in [1.54, 1.807) is 20.8 Å². The maximum Gasteiger partial charge on any atom is 0.417 e. The van der Waals surface area contributed by atoms with Gasteiger partial charge in [-0.25, -0.2) is 4.79 Å². The third kappa shape index (κ3) is 6.46. The summed E-state index contributed by atoms with van der Waals surface area (Å²) in [6.45, 7) is 7.45. The summed E-state index contributed by atoms with van der Waals surface area (Å²) in [5, 5.41) is 0. The molecule has 0 aliphatic carbocycles. The fourth-order valence-electron chi connectivity index (χ4n) is 0.699. The lowest BCUT2D eigenvalue weighted by Crippen LogP contribution is -2.23. The molecule has 4 nitrogen and oxygen atoms in total. The second-order valence-electron chi connectivity index (χ2n) is 4.02. The quantitative estimate of drug-likeness (QED) is 0.482. The molecule has 0 heterocycles. The topological polar surface area (TPSA) is 52.6 Å². The van der Waals surface area contributed by atoms with Gasteiger partial charge in [-0.15, -0.1) is 0 Å². The molecule has 1 radical (unpaired) electrons. The molecule has 0 bridgehead atoms. The van der Waals surface area contributed by atoms with Crippen molar-refractivity contribution < 1.29 is 19.1 Å². The predicted molar refractivity (Wildman–Crippen MR) is 51.3 cm³/mol. The summed E-state index contributed by atoms with van der Waals surface area (Å²) < 4.78 is 9.36. The Balaban J connectivity index is 3.37. The van der Waals surface area contributed by atoms with Crippen molar-refractivity contribution in [2.75, 3.05) is 13.2 Å². The summed E-state index contributed by atoms with van der Waals surface area (Å²) in [4.78, 5) is 20.9. The van der Waals surface area contributed by atoms with Crippen molar-refractivity contribution >= 4 is 12.4 Å². The molecule has 0 spiro atoms.